The number of carboxylic acids is 1. The number of aromatic amines is 1. The average Bonchev–Trinajstić information content (AvgIpc) is 2.91. The molecule has 1 aromatic carbocycles. The highest BCUT2D eigenvalue weighted by molar-refractivity contribution is 5.98. The fourth-order valence-electron chi connectivity index (χ4n) is 1.72. The van der Waals surface area contributed by atoms with Gasteiger partial charge in [0.05, 0.1) is 11.9 Å². The number of imidazole rings is 1. The van der Waals surface area contributed by atoms with Crippen LogP contribution in [0.15, 0.2) is 36.8 Å². The molecule has 0 aliphatic carbocycles. The molecule has 0 radical (unpaired) electrons. The first-order valence-corrected chi connectivity index (χ1v) is 5.87. The number of carboxylic acid groups (broad SMARTS) is 1. The number of hydrogen-bond acceptors (Lipinski definition) is 4. The van der Waals surface area contributed by atoms with Crippen molar-refractivity contribution in [2.45, 2.75) is 12.5 Å². The third kappa shape index (κ3) is 3.14. The fourth-order valence-corrected chi connectivity index (χ4v) is 1.72. The molecule has 0 saturated heterocycles. The maximum absolute atomic E-state index is 11.9. The van der Waals surface area contributed by atoms with Crippen LogP contribution in [-0.4, -0.2) is 38.1 Å². The van der Waals surface area contributed by atoms with Gasteiger partial charge in [-0.25, -0.2) is 9.78 Å². The Hall–Kier alpha value is -2.83. The number of aromatic hydroxyl groups is 1. The number of aromatic nitrogens is 2. The number of rotatable bonds is 5. The van der Waals surface area contributed by atoms with E-state index in [1.165, 1.54) is 24.7 Å². The summed E-state index contributed by atoms with van der Waals surface area (Å²) in [6, 6.07) is 4.83. The average molecular weight is 275 g/mol. The minimum atomic E-state index is -1.16. The summed E-state index contributed by atoms with van der Waals surface area (Å²) >= 11 is 0. The van der Waals surface area contributed by atoms with Crippen molar-refractivity contribution in [3.05, 3.63) is 48.0 Å². The summed E-state index contributed by atoms with van der Waals surface area (Å²) in [7, 11) is 0. The van der Waals surface area contributed by atoms with E-state index in [1.54, 1.807) is 12.1 Å². The molecule has 0 fully saturated rings. The Labute approximate surface area is 114 Å². The topological polar surface area (TPSA) is 115 Å². The van der Waals surface area contributed by atoms with Crippen LogP contribution >= 0.6 is 0 Å². The SMILES string of the molecule is O=C(N[C@H](Cc1cnc[nH]1)C(=O)O)c1ccccc1O. The van der Waals surface area contributed by atoms with Gasteiger partial charge in [-0.2, -0.15) is 0 Å². The number of phenols is 1. The molecule has 1 aromatic heterocycles. The first-order valence-electron chi connectivity index (χ1n) is 5.87. The molecule has 0 aliphatic heterocycles. The van der Waals surface area contributed by atoms with Crippen molar-refractivity contribution in [1.82, 2.24) is 15.3 Å². The Kier molecular flexibility index (Phi) is 3.99. The van der Waals surface area contributed by atoms with Gasteiger partial charge in [-0.3, -0.25) is 4.79 Å². The lowest BCUT2D eigenvalue weighted by atomic mass is 10.1. The van der Waals surface area contributed by atoms with Crippen molar-refractivity contribution in [2.75, 3.05) is 0 Å². The maximum atomic E-state index is 11.9. The molecule has 0 saturated carbocycles. The van der Waals surface area contributed by atoms with E-state index in [9.17, 15) is 14.7 Å². The number of carbonyl (C=O) groups is 2. The lowest BCUT2D eigenvalue weighted by Gasteiger charge is -2.14. The molecule has 104 valence electrons. The minimum Gasteiger partial charge on any atom is -0.507 e. The van der Waals surface area contributed by atoms with Crippen LogP contribution < -0.4 is 5.32 Å². The summed E-state index contributed by atoms with van der Waals surface area (Å²) < 4.78 is 0. The van der Waals surface area contributed by atoms with Crippen molar-refractivity contribution < 1.29 is 19.8 Å². The first kappa shape index (κ1) is 13.6. The van der Waals surface area contributed by atoms with Crippen LogP contribution in [0.3, 0.4) is 0 Å². The number of H-pyrrole nitrogens is 1. The molecule has 2 rings (SSSR count). The van der Waals surface area contributed by atoms with Crippen LogP contribution in [0.25, 0.3) is 0 Å². The van der Waals surface area contributed by atoms with Gasteiger partial charge in [-0.1, -0.05) is 12.1 Å². The van der Waals surface area contributed by atoms with Gasteiger partial charge in [0.15, 0.2) is 0 Å². The number of benzene rings is 1. The van der Waals surface area contributed by atoms with Crippen LogP contribution in [-0.2, 0) is 11.2 Å². The number of nitrogens with one attached hydrogen (secondary N) is 2. The van der Waals surface area contributed by atoms with Gasteiger partial charge >= 0.3 is 5.97 Å². The Balaban J connectivity index is 2.10. The Morgan fingerprint density at radius 2 is 2.10 bits per heavy atom. The van der Waals surface area contributed by atoms with Gasteiger partial charge in [-0.15, -0.1) is 0 Å². The third-order valence-electron chi connectivity index (χ3n) is 2.73. The normalized spacial score (nSPS) is 11.8. The second-order valence-electron chi connectivity index (χ2n) is 4.16. The van der Waals surface area contributed by atoms with Gasteiger partial charge in [-0.05, 0) is 12.1 Å². The molecule has 7 nitrogen and oxygen atoms in total. The number of nitrogens with zero attached hydrogens (tertiary/aromatic N) is 1. The van der Waals surface area contributed by atoms with E-state index in [0.717, 1.165) is 0 Å². The van der Waals surface area contributed by atoms with Crippen LogP contribution in [0.2, 0.25) is 0 Å². The zero-order valence-electron chi connectivity index (χ0n) is 10.4. The number of aliphatic carboxylic acids is 1. The van der Waals surface area contributed by atoms with Gasteiger partial charge in [0, 0.05) is 18.3 Å². The quantitative estimate of drug-likeness (QED) is 0.635. The van der Waals surface area contributed by atoms with Crippen molar-refractivity contribution in [1.29, 1.82) is 0 Å². The van der Waals surface area contributed by atoms with E-state index < -0.39 is 17.9 Å². The van der Waals surface area contributed by atoms with E-state index in [4.69, 9.17) is 5.11 Å². The molecule has 0 aliphatic rings. The number of amides is 1. The largest absolute Gasteiger partial charge is 0.507 e. The zero-order valence-corrected chi connectivity index (χ0v) is 10.4. The maximum Gasteiger partial charge on any atom is 0.326 e. The smallest absolute Gasteiger partial charge is 0.326 e. The lowest BCUT2D eigenvalue weighted by Crippen LogP contribution is -2.42. The van der Waals surface area contributed by atoms with Crippen molar-refractivity contribution in [3.63, 3.8) is 0 Å². The van der Waals surface area contributed by atoms with Crippen LogP contribution in [0.4, 0.5) is 0 Å². The van der Waals surface area contributed by atoms with Gasteiger partial charge in [0.1, 0.15) is 11.8 Å². The Morgan fingerprint density at radius 1 is 1.35 bits per heavy atom. The summed E-state index contributed by atoms with van der Waals surface area (Å²) in [5.41, 5.74) is 0.623. The van der Waals surface area contributed by atoms with E-state index in [0.29, 0.717) is 5.69 Å². The van der Waals surface area contributed by atoms with Gasteiger partial charge in [0.25, 0.3) is 5.91 Å². The second-order valence-corrected chi connectivity index (χ2v) is 4.16. The standard InChI is InChI=1S/C13H13N3O4/c17-11-4-2-1-3-9(11)12(18)16-10(13(19)20)5-8-6-14-7-15-8/h1-4,6-7,10,17H,5H2,(H,14,15)(H,16,18)(H,19,20)/t10-/m1/s1. The second kappa shape index (κ2) is 5.87. The molecule has 4 N–H and O–H groups in total. The molecular formula is C13H13N3O4. The van der Waals surface area contributed by atoms with Crippen molar-refractivity contribution >= 4 is 11.9 Å². The third-order valence-corrected chi connectivity index (χ3v) is 2.73. The molecule has 1 heterocycles. The highest BCUT2D eigenvalue weighted by Gasteiger charge is 2.22. The Morgan fingerprint density at radius 3 is 2.70 bits per heavy atom. The number of phenolic OH excluding ortho intramolecular Hbond substituents is 1. The minimum absolute atomic E-state index is 0.0309. The molecule has 2 aromatic rings. The van der Waals surface area contributed by atoms with Crippen LogP contribution in [0.1, 0.15) is 16.1 Å². The summed E-state index contributed by atoms with van der Waals surface area (Å²) in [6.45, 7) is 0. The number of carbonyl (C=O) groups excluding carboxylic acids is 1. The van der Waals surface area contributed by atoms with Gasteiger partial charge in [0.2, 0.25) is 0 Å². The van der Waals surface area contributed by atoms with Crippen molar-refractivity contribution in [3.8, 4) is 5.75 Å². The Bertz CT molecular complexity index is 610. The zero-order chi connectivity index (χ0) is 14.5. The molecule has 0 spiro atoms. The predicted octanol–water partition coefficient (Wildman–Crippen LogP) is 0.541. The number of hydrogen-bond donors (Lipinski definition) is 4. The highest BCUT2D eigenvalue weighted by atomic mass is 16.4. The summed E-state index contributed by atoms with van der Waals surface area (Å²) in [5.74, 6) is -2.01. The number of para-hydroxylation sites is 1. The molecule has 20 heavy (non-hydrogen) atoms. The molecule has 0 unspecified atom stereocenters. The van der Waals surface area contributed by atoms with E-state index in [2.05, 4.69) is 15.3 Å². The summed E-state index contributed by atoms with van der Waals surface area (Å²) in [6.07, 6.45) is 3.00. The van der Waals surface area contributed by atoms with Crippen LogP contribution in [0.5, 0.6) is 5.75 Å². The van der Waals surface area contributed by atoms with Crippen LogP contribution in [0, 0.1) is 0 Å². The fraction of sp³-hybridized carbons (Fsp3) is 0.154. The highest BCUT2D eigenvalue weighted by Crippen LogP contribution is 2.15. The molecule has 0 bridgehead atoms. The molecule has 1 amide bonds. The molecule has 1 atom stereocenters. The first-order chi connectivity index (χ1) is 9.58. The van der Waals surface area contributed by atoms with E-state index in [-0.39, 0.29) is 17.7 Å². The van der Waals surface area contributed by atoms with Gasteiger partial charge < -0.3 is 20.5 Å². The lowest BCUT2D eigenvalue weighted by molar-refractivity contribution is -0.139. The monoisotopic (exact) mass is 275 g/mol. The molecular weight excluding hydrogens is 262 g/mol. The van der Waals surface area contributed by atoms with Crippen molar-refractivity contribution in [2.24, 2.45) is 0 Å². The summed E-state index contributed by atoms with van der Waals surface area (Å²) in [5, 5.41) is 21.1. The summed E-state index contributed by atoms with van der Waals surface area (Å²) in [4.78, 5) is 29.7. The van der Waals surface area contributed by atoms with E-state index in [1.807, 2.05) is 0 Å². The van der Waals surface area contributed by atoms with E-state index >= 15 is 0 Å². The predicted molar refractivity (Wildman–Crippen MR) is 69.3 cm³/mol. The molecule has 7 heteroatoms.